The van der Waals surface area contributed by atoms with Crippen molar-refractivity contribution in [2.24, 2.45) is 0 Å². The van der Waals surface area contributed by atoms with E-state index in [4.69, 9.17) is 0 Å². The molecule has 5 nitrogen and oxygen atoms in total. The Balaban J connectivity index is 1.98. The molecule has 0 aliphatic rings. The van der Waals surface area contributed by atoms with E-state index in [9.17, 15) is 9.18 Å². The molecule has 0 spiro atoms. The molecule has 0 unspecified atom stereocenters. The number of hydrogen-bond donors (Lipinski definition) is 1. The molecule has 0 saturated heterocycles. The first kappa shape index (κ1) is 15.3. The first-order valence-electron chi connectivity index (χ1n) is 7.84. The van der Waals surface area contributed by atoms with Crippen molar-refractivity contribution in [1.82, 2.24) is 19.5 Å². The lowest BCUT2D eigenvalue weighted by molar-refractivity contribution is 0.628. The van der Waals surface area contributed by atoms with Crippen molar-refractivity contribution in [2.45, 2.75) is 13.8 Å². The molecule has 4 aromatic rings. The van der Waals surface area contributed by atoms with Gasteiger partial charge in [-0.1, -0.05) is 12.1 Å². The number of nitrogens with zero attached hydrogens (tertiary/aromatic N) is 3. The maximum Gasteiger partial charge on any atom is 0.281 e. The van der Waals surface area contributed by atoms with Crippen LogP contribution in [0, 0.1) is 19.7 Å². The number of benzene rings is 2. The molecule has 0 aliphatic heterocycles. The number of aryl methyl sites for hydroxylation is 1. The molecular formula is C19H15FN4O. The average molecular weight is 334 g/mol. The van der Waals surface area contributed by atoms with Crippen LogP contribution in [-0.4, -0.2) is 19.5 Å². The molecular weight excluding hydrogens is 319 g/mol. The van der Waals surface area contributed by atoms with Gasteiger partial charge in [-0.15, -0.1) is 0 Å². The number of aromatic amines is 1. The third-order valence-corrected chi connectivity index (χ3v) is 4.29. The van der Waals surface area contributed by atoms with E-state index in [1.54, 1.807) is 25.4 Å². The van der Waals surface area contributed by atoms with Gasteiger partial charge >= 0.3 is 0 Å². The molecule has 0 aliphatic carbocycles. The van der Waals surface area contributed by atoms with Gasteiger partial charge in [0.2, 0.25) is 0 Å². The Labute approximate surface area is 142 Å². The van der Waals surface area contributed by atoms with Crippen LogP contribution in [0.4, 0.5) is 4.39 Å². The minimum Gasteiger partial charge on any atom is -0.345 e. The highest BCUT2D eigenvalue weighted by Gasteiger charge is 2.15. The predicted octanol–water partition coefficient (Wildman–Crippen LogP) is 3.53. The molecule has 1 N–H and O–H groups in total. The highest BCUT2D eigenvalue weighted by atomic mass is 19.1. The van der Waals surface area contributed by atoms with Gasteiger partial charge in [0.1, 0.15) is 11.6 Å². The summed E-state index contributed by atoms with van der Waals surface area (Å²) >= 11 is 0. The van der Waals surface area contributed by atoms with Gasteiger partial charge in [-0.05, 0) is 49.7 Å². The van der Waals surface area contributed by atoms with Crippen LogP contribution in [0.15, 0.2) is 53.6 Å². The lowest BCUT2D eigenvalue weighted by Gasteiger charge is -2.17. The summed E-state index contributed by atoms with van der Waals surface area (Å²) < 4.78 is 15.1. The third-order valence-electron chi connectivity index (χ3n) is 4.29. The molecule has 4 rings (SSSR count). The molecule has 2 aromatic carbocycles. The number of fused-ring (bicyclic) bond motifs is 1. The number of rotatable bonds is 2. The summed E-state index contributed by atoms with van der Waals surface area (Å²) in [6.07, 6.45) is 1.64. The number of nitrogens with one attached hydrogen (secondary N) is 1. The van der Waals surface area contributed by atoms with Crippen LogP contribution in [-0.2, 0) is 0 Å². The van der Waals surface area contributed by atoms with Gasteiger partial charge in [0.15, 0.2) is 0 Å². The molecule has 0 fully saturated rings. The predicted molar refractivity (Wildman–Crippen MR) is 94.4 cm³/mol. The fraction of sp³-hybridized carbons (Fsp3) is 0.105. The van der Waals surface area contributed by atoms with Crippen molar-refractivity contribution in [3.05, 3.63) is 76.5 Å². The molecule has 0 radical (unpaired) electrons. The van der Waals surface area contributed by atoms with Crippen molar-refractivity contribution >= 4 is 11.0 Å². The molecule has 2 aromatic heterocycles. The molecule has 25 heavy (non-hydrogen) atoms. The number of imidazole rings is 1. The first-order valence-corrected chi connectivity index (χ1v) is 7.84. The molecule has 0 atom stereocenters. The smallest absolute Gasteiger partial charge is 0.281 e. The van der Waals surface area contributed by atoms with Crippen LogP contribution >= 0.6 is 0 Å². The van der Waals surface area contributed by atoms with Crippen LogP contribution in [0.25, 0.3) is 27.8 Å². The Bertz CT molecular complexity index is 1140. The Kier molecular flexibility index (Phi) is 3.46. The van der Waals surface area contributed by atoms with Crippen LogP contribution in [0.5, 0.6) is 0 Å². The monoisotopic (exact) mass is 334 g/mol. The second-order valence-corrected chi connectivity index (χ2v) is 5.87. The first-order chi connectivity index (χ1) is 12.0. The standard InChI is InChI=1S/C19H15FN4O/c1-11-18(13-3-5-14(20)6-4-13)19(25)23-12(2)24(11)15-7-8-16-17(9-15)22-10-21-16/h3-10H,1-2H3,(H,21,22). The van der Waals surface area contributed by atoms with Gasteiger partial charge in [-0.25, -0.2) is 9.37 Å². The number of H-pyrrole nitrogens is 1. The Morgan fingerprint density at radius 1 is 1.08 bits per heavy atom. The van der Waals surface area contributed by atoms with Crippen molar-refractivity contribution < 1.29 is 4.39 Å². The Hall–Kier alpha value is -3.28. The fourth-order valence-corrected chi connectivity index (χ4v) is 3.15. The van der Waals surface area contributed by atoms with Gasteiger partial charge in [0.05, 0.1) is 22.9 Å². The van der Waals surface area contributed by atoms with Crippen LogP contribution in [0.3, 0.4) is 0 Å². The molecule has 2 heterocycles. The zero-order valence-corrected chi connectivity index (χ0v) is 13.7. The summed E-state index contributed by atoms with van der Waals surface area (Å²) in [5.41, 5.74) is 4.19. The van der Waals surface area contributed by atoms with E-state index in [1.807, 2.05) is 29.7 Å². The van der Waals surface area contributed by atoms with Crippen LogP contribution in [0.2, 0.25) is 0 Å². The fourth-order valence-electron chi connectivity index (χ4n) is 3.15. The molecule has 0 amide bonds. The largest absolute Gasteiger partial charge is 0.345 e. The SMILES string of the molecule is Cc1nc(=O)c(-c2ccc(F)cc2)c(C)n1-c1ccc2nc[nH]c2c1. The van der Waals surface area contributed by atoms with E-state index in [1.165, 1.54) is 12.1 Å². The minimum absolute atomic E-state index is 0.319. The number of hydrogen-bond acceptors (Lipinski definition) is 3. The highest BCUT2D eigenvalue weighted by Crippen LogP contribution is 2.24. The van der Waals surface area contributed by atoms with E-state index >= 15 is 0 Å². The average Bonchev–Trinajstić information content (AvgIpc) is 3.04. The van der Waals surface area contributed by atoms with Crippen molar-refractivity contribution in [3.8, 4) is 16.8 Å². The molecule has 6 heteroatoms. The zero-order valence-electron chi connectivity index (χ0n) is 13.7. The van der Waals surface area contributed by atoms with E-state index in [0.717, 1.165) is 22.4 Å². The maximum atomic E-state index is 13.2. The van der Waals surface area contributed by atoms with Gasteiger partial charge in [-0.3, -0.25) is 4.79 Å². The summed E-state index contributed by atoms with van der Waals surface area (Å²) in [7, 11) is 0. The van der Waals surface area contributed by atoms with E-state index in [0.29, 0.717) is 17.0 Å². The second kappa shape index (κ2) is 5.66. The van der Waals surface area contributed by atoms with E-state index < -0.39 is 0 Å². The van der Waals surface area contributed by atoms with Gasteiger partial charge < -0.3 is 9.55 Å². The molecule has 0 bridgehead atoms. The third kappa shape index (κ3) is 2.52. The van der Waals surface area contributed by atoms with Gasteiger partial charge in [0.25, 0.3) is 5.56 Å². The Morgan fingerprint density at radius 2 is 1.84 bits per heavy atom. The van der Waals surface area contributed by atoms with E-state index in [2.05, 4.69) is 15.0 Å². The minimum atomic E-state index is -0.341. The van der Waals surface area contributed by atoms with E-state index in [-0.39, 0.29) is 11.4 Å². The normalized spacial score (nSPS) is 11.2. The van der Waals surface area contributed by atoms with Crippen molar-refractivity contribution in [3.63, 3.8) is 0 Å². The topological polar surface area (TPSA) is 63.6 Å². The molecule has 0 saturated carbocycles. The number of halogens is 1. The van der Waals surface area contributed by atoms with Crippen LogP contribution in [0.1, 0.15) is 11.5 Å². The summed E-state index contributed by atoms with van der Waals surface area (Å²) in [4.78, 5) is 23.9. The highest BCUT2D eigenvalue weighted by molar-refractivity contribution is 5.77. The quantitative estimate of drug-likeness (QED) is 0.610. The van der Waals surface area contributed by atoms with Gasteiger partial charge in [0, 0.05) is 11.4 Å². The maximum absolute atomic E-state index is 13.2. The van der Waals surface area contributed by atoms with Crippen molar-refractivity contribution in [2.75, 3.05) is 0 Å². The summed E-state index contributed by atoms with van der Waals surface area (Å²) in [5, 5.41) is 0. The summed E-state index contributed by atoms with van der Waals surface area (Å²) in [5.74, 6) is 0.249. The number of aromatic nitrogens is 4. The molecule has 124 valence electrons. The van der Waals surface area contributed by atoms with Gasteiger partial charge in [-0.2, -0.15) is 4.98 Å². The van der Waals surface area contributed by atoms with Crippen molar-refractivity contribution in [1.29, 1.82) is 0 Å². The second-order valence-electron chi connectivity index (χ2n) is 5.87. The lowest BCUT2D eigenvalue weighted by Crippen LogP contribution is -2.20. The Morgan fingerprint density at radius 3 is 2.60 bits per heavy atom. The zero-order chi connectivity index (χ0) is 17.6. The summed E-state index contributed by atoms with van der Waals surface area (Å²) in [6.45, 7) is 3.66. The summed E-state index contributed by atoms with van der Waals surface area (Å²) in [6, 6.07) is 11.7. The lowest BCUT2D eigenvalue weighted by atomic mass is 10.1. The van der Waals surface area contributed by atoms with Crippen LogP contribution < -0.4 is 5.56 Å².